The summed E-state index contributed by atoms with van der Waals surface area (Å²) < 4.78 is 16.7. The van der Waals surface area contributed by atoms with E-state index in [4.69, 9.17) is 14.1 Å². The molecule has 2 heterocycles. The van der Waals surface area contributed by atoms with E-state index < -0.39 is 7.12 Å². The van der Waals surface area contributed by atoms with E-state index in [1.165, 1.54) is 12.8 Å². The van der Waals surface area contributed by atoms with Gasteiger partial charge in [-0.15, -0.1) is 0 Å². The van der Waals surface area contributed by atoms with E-state index in [0.29, 0.717) is 30.4 Å². The Morgan fingerprint density at radius 2 is 2.12 bits per heavy atom. The van der Waals surface area contributed by atoms with Crippen LogP contribution >= 0.6 is 0 Å². The second-order valence-electron chi connectivity index (χ2n) is 6.94. The Kier molecular flexibility index (Phi) is 5.08. The fourth-order valence-corrected chi connectivity index (χ4v) is 3.65. The van der Waals surface area contributed by atoms with E-state index >= 15 is 0 Å². The van der Waals surface area contributed by atoms with Crippen molar-refractivity contribution < 1.29 is 19.2 Å². The topological polar surface area (TPSA) is 73.7 Å². The first-order valence-electron chi connectivity index (χ1n) is 9.20. The molecule has 0 unspecified atom stereocenters. The maximum absolute atomic E-state index is 9.60. The zero-order valence-electron chi connectivity index (χ0n) is 14.9. The Morgan fingerprint density at radius 3 is 2.85 bits per heavy atom. The van der Waals surface area contributed by atoms with Crippen molar-refractivity contribution in [1.29, 1.82) is 0 Å². The number of hydrogen-bond acceptors (Lipinski definition) is 6. The van der Waals surface area contributed by atoms with Crippen LogP contribution in [0.4, 0.5) is 0 Å². The molecule has 1 aromatic carbocycles. The summed E-state index contributed by atoms with van der Waals surface area (Å²) >= 11 is 0. The molecule has 26 heavy (non-hydrogen) atoms. The van der Waals surface area contributed by atoms with Crippen LogP contribution in [0.5, 0.6) is 11.6 Å². The molecule has 1 saturated carbocycles. The van der Waals surface area contributed by atoms with Crippen LogP contribution in [-0.4, -0.2) is 41.9 Å². The van der Waals surface area contributed by atoms with Crippen molar-refractivity contribution in [2.75, 3.05) is 13.7 Å². The fraction of sp³-hybridized carbons (Fsp3) is 0.474. The summed E-state index contributed by atoms with van der Waals surface area (Å²) in [6.07, 6.45) is 6.99. The highest BCUT2D eigenvalue weighted by Gasteiger charge is 2.30. The van der Waals surface area contributed by atoms with E-state index in [9.17, 15) is 5.02 Å². The largest absolute Gasteiger partial charge is 0.490 e. The second kappa shape index (κ2) is 7.64. The maximum atomic E-state index is 9.60. The third-order valence-corrected chi connectivity index (χ3v) is 5.11. The molecule has 1 aromatic heterocycles. The van der Waals surface area contributed by atoms with Gasteiger partial charge in [0.25, 0.3) is 5.88 Å². The minimum Gasteiger partial charge on any atom is -0.490 e. The molecular formula is C19H23BN2O4. The van der Waals surface area contributed by atoms with Crippen LogP contribution in [0.1, 0.15) is 37.2 Å². The highest BCUT2D eigenvalue weighted by molar-refractivity contribution is 6.43. The average Bonchev–Trinajstić information content (AvgIpc) is 3.33. The summed E-state index contributed by atoms with van der Waals surface area (Å²) in [4.78, 5) is 9.06. The fourth-order valence-electron chi connectivity index (χ4n) is 3.65. The van der Waals surface area contributed by atoms with Crippen molar-refractivity contribution in [2.45, 2.75) is 44.0 Å². The van der Waals surface area contributed by atoms with Crippen molar-refractivity contribution in [1.82, 2.24) is 9.97 Å². The molecule has 1 N–H and O–H groups in total. The van der Waals surface area contributed by atoms with Crippen molar-refractivity contribution in [2.24, 2.45) is 0 Å². The Hall–Kier alpha value is -2.12. The molecule has 1 atom stereocenters. The molecule has 1 aliphatic heterocycles. The van der Waals surface area contributed by atoms with E-state index in [1.807, 2.05) is 12.1 Å². The maximum Gasteiger partial charge on any atom is 0.454 e. The number of methoxy groups -OCH3 is 1. The highest BCUT2D eigenvalue weighted by Crippen LogP contribution is 2.33. The second-order valence-corrected chi connectivity index (χ2v) is 6.94. The van der Waals surface area contributed by atoms with Gasteiger partial charge in [-0.25, -0.2) is 4.98 Å². The van der Waals surface area contributed by atoms with Crippen molar-refractivity contribution in [3.63, 3.8) is 0 Å². The molecule has 2 aliphatic rings. The van der Waals surface area contributed by atoms with Crippen LogP contribution in [0, 0.1) is 0 Å². The van der Waals surface area contributed by atoms with E-state index in [0.717, 1.165) is 24.0 Å². The van der Waals surface area contributed by atoms with E-state index in [2.05, 4.69) is 22.1 Å². The van der Waals surface area contributed by atoms with E-state index in [1.54, 1.807) is 13.3 Å². The number of ether oxygens (including phenoxy) is 2. The van der Waals surface area contributed by atoms with Crippen molar-refractivity contribution in [3.05, 3.63) is 36.0 Å². The van der Waals surface area contributed by atoms with Crippen molar-refractivity contribution in [3.8, 4) is 23.0 Å². The monoisotopic (exact) mass is 354 g/mol. The van der Waals surface area contributed by atoms with Gasteiger partial charge in [-0.05, 0) is 43.6 Å². The molecule has 1 saturated heterocycles. The lowest BCUT2D eigenvalue weighted by molar-refractivity contribution is 0.191. The summed E-state index contributed by atoms with van der Waals surface area (Å²) in [5, 5.41) is 9.60. The lowest BCUT2D eigenvalue weighted by atomic mass is 9.79. The molecule has 136 valence electrons. The molecule has 1 aliphatic carbocycles. The minimum absolute atomic E-state index is 0.192. The number of nitrogens with zero attached hydrogens (tertiary/aromatic N) is 2. The molecule has 0 radical (unpaired) electrons. The van der Waals surface area contributed by atoms with Gasteiger partial charge >= 0.3 is 7.12 Å². The summed E-state index contributed by atoms with van der Waals surface area (Å²) in [5.74, 6) is 1.87. The zero-order chi connectivity index (χ0) is 17.9. The van der Waals surface area contributed by atoms with Crippen LogP contribution in [0.2, 0.25) is 6.32 Å². The predicted octanol–water partition coefficient (Wildman–Crippen LogP) is 3.07. The normalized spacial score (nSPS) is 20.5. The Labute approximate surface area is 153 Å². The van der Waals surface area contributed by atoms with Crippen LogP contribution < -0.4 is 9.47 Å². The molecule has 0 bridgehead atoms. The molecule has 6 nitrogen and oxygen atoms in total. The lowest BCUT2D eigenvalue weighted by Crippen LogP contribution is -2.13. The standard InChI is InChI=1S/C19H23BN2O4/c1-24-17-11-21-18(22-19(17)26-16-7-2-3-8-16)14-6-4-5-13(9-14)15-10-20(23)25-12-15/h4-6,9,11,15-16,23H,2-3,7-8,10,12H2,1H3/t15-/m1/s1. The highest BCUT2D eigenvalue weighted by atomic mass is 16.5. The third-order valence-electron chi connectivity index (χ3n) is 5.11. The predicted molar refractivity (Wildman–Crippen MR) is 98.4 cm³/mol. The number of hydrogen-bond donors (Lipinski definition) is 1. The zero-order valence-corrected chi connectivity index (χ0v) is 14.9. The summed E-state index contributed by atoms with van der Waals surface area (Å²) in [6.45, 7) is 0.532. The van der Waals surface area contributed by atoms with Gasteiger partial charge in [0.15, 0.2) is 11.6 Å². The Balaban J connectivity index is 1.60. The molecule has 0 amide bonds. The first-order valence-corrected chi connectivity index (χ1v) is 9.20. The van der Waals surface area contributed by atoms with Gasteiger partial charge in [-0.3, -0.25) is 0 Å². The van der Waals surface area contributed by atoms with Gasteiger partial charge in [0, 0.05) is 18.1 Å². The average molecular weight is 354 g/mol. The van der Waals surface area contributed by atoms with E-state index in [-0.39, 0.29) is 12.0 Å². The molecule has 7 heteroatoms. The molecule has 0 spiro atoms. The van der Waals surface area contributed by atoms with Crippen LogP contribution in [0.15, 0.2) is 30.5 Å². The van der Waals surface area contributed by atoms with Gasteiger partial charge in [0.1, 0.15) is 6.10 Å². The first kappa shape index (κ1) is 17.3. The summed E-state index contributed by atoms with van der Waals surface area (Å²) in [6, 6.07) is 8.08. The lowest BCUT2D eigenvalue weighted by Gasteiger charge is -2.15. The van der Waals surface area contributed by atoms with Crippen LogP contribution in [0.3, 0.4) is 0 Å². The molecular weight excluding hydrogens is 331 g/mol. The van der Waals surface area contributed by atoms with Crippen LogP contribution in [0.25, 0.3) is 11.4 Å². The number of rotatable bonds is 5. The third kappa shape index (κ3) is 3.69. The Morgan fingerprint density at radius 1 is 1.27 bits per heavy atom. The van der Waals surface area contributed by atoms with Crippen LogP contribution in [-0.2, 0) is 4.65 Å². The molecule has 2 fully saturated rings. The molecule has 4 rings (SSSR count). The quantitative estimate of drug-likeness (QED) is 0.832. The van der Waals surface area contributed by atoms with Gasteiger partial charge in [-0.2, -0.15) is 4.98 Å². The minimum atomic E-state index is -0.674. The summed E-state index contributed by atoms with van der Waals surface area (Å²) in [7, 11) is 0.929. The number of aromatic nitrogens is 2. The number of benzene rings is 1. The molecule has 2 aromatic rings. The van der Waals surface area contributed by atoms with Gasteiger partial charge < -0.3 is 19.2 Å². The Bertz CT molecular complexity index is 767. The van der Waals surface area contributed by atoms with Gasteiger partial charge in [0.05, 0.1) is 13.3 Å². The van der Waals surface area contributed by atoms with Crippen molar-refractivity contribution >= 4 is 7.12 Å². The summed E-state index contributed by atoms with van der Waals surface area (Å²) in [5.41, 5.74) is 2.04. The van der Waals surface area contributed by atoms with Gasteiger partial charge in [-0.1, -0.05) is 18.2 Å². The SMILES string of the molecule is COc1cnc(-c2cccc([C@H]3COB(O)C3)c2)nc1OC1CCCC1. The van der Waals surface area contributed by atoms with Gasteiger partial charge in [0.2, 0.25) is 0 Å². The smallest absolute Gasteiger partial charge is 0.454 e. The first-order chi connectivity index (χ1) is 12.7.